The van der Waals surface area contributed by atoms with Gasteiger partial charge in [0.05, 0.1) is 48.4 Å². The lowest BCUT2D eigenvalue weighted by Crippen LogP contribution is -2.13. The van der Waals surface area contributed by atoms with Crippen LogP contribution in [0.1, 0.15) is 45.5 Å². The standard InChI is InChI=1S/C29H23N5OS.C17H11ClN2S.C12H13N3O/c1-18-17-36-26-7-5-19(12-23(18)26)24-13-22(14-25-29(24)32-11-10-31-25)34-28(20-4-3-9-30-15-20)21-6-8-27(35-2)33-16-21;1-10-9-21-16-3-2-11(6-13(10)16)14-7-12(18)8-15-17(14)20-5-4-19-15;1-16-11-5-4-10(8-15-11)12(13)9-3-2-6-14-7-9/h3-17,28,34H,1-2H3;2-9H,1H3;2-8,12H,13H2,1H3. The number of methoxy groups -OCH3 is 2. The highest BCUT2D eigenvalue weighted by molar-refractivity contribution is 7.17. The maximum atomic E-state index is 6.24. The Morgan fingerprint density at radius 1 is 0.521 bits per heavy atom. The summed E-state index contributed by atoms with van der Waals surface area (Å²) in [4.78, 5) is 35.1. The lowest BCUT2D eigenvalue weighted by atomic mass is 9.98. The quantitative estimate of drug-likeness (QED) is 0.134. The fourth-order valence-electron chi connectivity index (χ4n) is 8.49. The minimum atomic E-state index is -0.202. The van der Waals surface area contributed by atoms with Crippen molar-refractivity contribution in [1.82, 2.24) is 39.9 Å². The zero-order valence-corrected chi connectivity index (χ0v) is 42.5. The van der Waals surface area contributed by atoms with Crippen LogP contribution < -0.4 is 20.5 Å². The third-order valence-corrected chi connectivity index (χ3v) is 14.7. The lowest BCUT2D eigenvalue weighted by Gasteiger charge is -2.21. The lowest BCUT2D eigenvalue weighted by molar-refractivity contribution is 0.397. The van der Waals surface area contributed by atoms with Crippen molar-refractivity contribution in [3.63, 3.8) is 0 Å². The van der Waals surface area contributed by atoms with Gasteiger partial charge in [0.25, 0.3) is 0 Å². The summed E-state index contributed by atoms with van der Waals surface area (Å²) in [6.07, 6.45) is 17.6. The van der Waals surface area contributed by atoms with Crippen LogP contribution in [-0.4, -0.2) is 54.1 Å². The fourth-order valence-corrected chi connectivity index (χ4v) is 10.6. The van der Waals surface area contributed by atoms with Crippen molar-refractivity contribution in [3.05, 3.63) is 220 Å². The van der Waals surface area contributed by atoms with E-state index in [1.165, 1.54) is 31.3 Å². The van der Waals surface area contributed by atoms with Crippen LogP contribution in [0.5, 0.6) is 11.8 Å². The van der Waals surface area contributed by atoms with Crippen molar-refractivity contribution in [1.29, 1.82) is 0 Å². The van der Waals surface area contributed by atoms with Gasteiger partial charge in [0.2, 0.25) is 11.8 Å². The van der Waals surface area contributed by atoms with E-state index in [1.54, 1.807) is 92.5 Å². The molecular formula is C58H47ClN10O2S2. The predicted octanol–water partition coefficient (Wildman–Crippen LogP) is 13.8. The first-order valence-corrected chi connectivity index (χ1v) is 25.3. The number of anilines is 1. The second-order valence-corrected chi connectivity index (χ2v) is 19.2. The zero-order chi connectivity index (χ0) is 50.3. The van der Waals surface area contributed by atoms with E-state index in [0.29, 0.717) is 16.8 Å². The third kappa shape index (κ3) is 10.8. The van der Waals surface area contributed by atoms with Gasteiger partial charge in [-0.2, -0.15) is 0 Å². The van der Waals surface area contributed by atoms with Crippen LogP contribution in [0.4, 0.5) is 5.69 Å². The molecule has 12 rings (SSSR count). The summed E-state index contributed by atoms with van der Waals surface area (Å²) in [7, 11) is 3.20. The fraction of sp³-hybridized carbons (Fsp3) is 0.103. The van der Waals surface area contributed by atoms with Crippen molar-refractivity contribution in [2.45, 2.75) is 25.9 Å². The van der Waals surface area contributed by atoms with E-state index >= 15 is 0 Å². The predicted molar refractivity (Wildman–Crippen MR) is 297 cm³/mol. The van der Waals surface area contributed by atoms with Crippen LogP contribution >= 0.6 is 34.3 Å². The molecule has 0 saturated heterocycles. The number of hydrogen-bond donors (Lipinski definition) is 2. The average Bonchev–Trinajstić information content (AvgIpc) is 4.02. The maximum Gasteiger partial charge on any atom is 0.212 e. The number of pyridine rings is 4. The molecule has 15 heteroatoms. The van der Waals surface area contributed by atoms with Crippen LogP contribution in [0.2, 0.25) is 5.02 Å². The van der Waals surface area contributed by atoms with Crippen LogP contribution in [-0.2, 0) is 0 Å². The van der Waals surface area contributed by atoms with E-state index < -0.39 is 0 Å². The van der Waals surface area contributed by atoms with Gasteiger partial charge in [-0.3, -0.25) is 29.9 Å². The molecule has 2 atom stereocenters. The number of nitrogens with two attached hydrogens (primary N) is 1. The van der Waals surface area contributed by atoms with Gasteiger partial charge in [-0.15, -0.1) is 22.7 Å². The maximum absolute atomic E-state index is 6.24. The van der Waals surface area contributed by atoms with Gasteiger partial charge in [-0.25, -0.2) is 9.97 Å². The molecule has 8 heterocycles. The van der Waals surface area contributed by atoms with E-state index in [4.69, 9.17) is 26.8 Å². The highest BCUT2D eigenvalue weighted by Crippen LogP contribution is 2.38. The van der Waals surface area contributed by atoms with E-state index in [-0.39, 0.29) is 12.1 Å². The summed E-state index contributed by atoms with van der Waals surface area (Å²) >= 11 is 9.78. The zero-order valence-electron chi connectivity index (χ0n) is 40.1. The van der Waals surface area contributed by atoms with E-state index in [0.717, 1.165) is 72.3 Å². The molecule has 0 saturated carbocycles. The number of benzene rings is 4. The number of aryl methyl sites for hydroxylation is 2. The molecule has 0 aliphatic heterocycles. The molecule has 3 N–H and O–H groups in total. The molecule has 0 fully saturated rings. The second kappa shape index (κ2) is 22.0. The Bertz CT molecular complexity index is 3820. The van der Waals surface area contributed by atoms with Gasteiger partial charge in [-0.1, -0.05) is 41.9 Å². The SMILES string of the molecule is COc1ccc(C(N)c2cccnc2)cn1.COc1ccc(C(Nc2cc(-c3ccc4scc(C)c4c3)c3nccnc3c2)c2cccnc2)cn1.Cc1csc2ccc(-c3cc(Cl)cc4nccnc34)cc12. The first kappa shape index (κ1) is 48.4. The van der Waals surface area contributed by atoms with Gasteiger partial charge in [-0.05, 0) is 147 Å². The van der Waals surface area contributed by atoms with Crippen molar-refractivity contribution >= 4 is 82.2 Å². The Morgan fingerprint density at radius 3 is 1.56 bits per heavy atom. The van der Waals surface area contributed by atoms with Crippen LogP contribution in [0.15, 0.2) is 182 Å². The average molecular weight is 1020 g/mol. The molecule has 2 unspecified atom stereocenters. The molecule has 0 bridgehead atoms. The number of rotatable bonds is 10. The Balaban J connectivity index is 0.000000139. The van der Waals surface area contributed by atoms with Crippen molar-refractivity contribution in [2.75, 3.05) is 19.5 Å². The summed E-state index contributed by atoms with van der Waals surface area (Å²) in [6.45, 7) is 4.29. The molecule has 0 aliphatic rings. The molecule has 73 heavy (non-hydrogen) atoms. The van der Waals surface area contributed by atoms with Crippen molar-refractivity contribution in [2.24, 2.45) is 5.73 Å². The minimum Gasteiger partial charge on any atom is -0.481 e. The summed E-state index contributed by atoms with van der Waals surface area (Å²) < 4.78 is 12.8. The molecule has 0 amide bonds. The van der Waals surface area contributed by atoms with E-state index in [2.05, 4.69) is 118 Å². The molecule has 4 aromatic carbocycles. The monoisotopic (exact) mass is 1010 g/mol. The number of nitrogens with one attached hydrogen (secondary N) is 1. The van der Waals surface area contributed by atoms with Gasteiger partial charge in [0, 0.05) is 105 Å². The molecule has 8 aromatic heterocycles. The smallest absolute Gasteiger partial charge is 0.212 e. The first-order valence-electron chi connectivity index (χ1n) is 23.2. The van der Waals surface area contributed by atoms with Crippen LogP contribution in [0, 0.1) is 13.8 Å². The number of hydrogen-bond acceptors (Lipinski definition) is 14. The Hall–Kier alpha value is -8.27. The number of nitrogens with zero attached hydrogens (tertiary/aromatic N) is 8. The minimum absolute atomic E-state index is 0.166. The number of halogens is 1. The second-order valence-electron chi connectivity index (χ2n) is 17.0. The first-order chi connectivity index (χ1) is 35.7. The van der Waals surface area contributed by atoms with Gasteiger partial charge < -0.3 is 20.5 Å². The number of thiophene rings is 2. The van der Waals surface area contributed by atoms with Gasteiger partial charge in [0.15, 0.2) is 0 Å². The van der Waals surface area contributed by atoms with Crippen LogP contribution in [0.25, 0.3) is 64.5 Å². The molecule has 12 nitrogen and oxygen atoms in total. The highest BCUT2D eigenvalue weighted by Gasteiger charge is 2.18. The highest BCUT2D eigenvalue weighted by atomic mass is 35.5. The topological polar surface area (TPSA) is 160 Å². The summed E-state index contributed by atoms with van der Waals surface area (Å²) in [5.41, 5.74) is 21.2. The number of fused-ring (bicyclic) bond motifs is 4. The molecule has 12 aromatic rings. The number of ether oxygens (including phenoxy) is 2. The van der Waals surface area contributed by atoms with Gasteiger partial charge >= 0.3 is 0 Å². The van der Waals surface area contributed by atoms with Crippen molar-refractivity contribution in [3.8, 4) is 34.0 Å². The van der Waals surface area contributed by atoms with E-state index in [9.17, 15) is 0 Å². The Labute approximate surface area is 434 Å². The summed E-state index contributed by atoms with van der Waals surface area (Å²) in [5, 5.41) is 11.3. The van der Waals surface area contributed by atoms with Crippen LogP contribution in [0.3, 0.4) is 0 Å². The van der Waals surface area contributed by atoms with Crippen molar-refractivity contribution < 1.29 is 9.47 Å². The molecular weight excluding hydrogens is 968 g/mol. The molecule has 0 spiro atoms. The normalized spacial score (nSPS) is 11.9. The molecule has 0 radical (unpaired) electrons. The molecule has 0 aliphatic carbocycles. The third-order valence-electron chi connectivity index (χ3n) is 12.3. The Morgan fingerprint density at radius 2 is 1.03 bits per heavy atom. The molecule has 360 valence electrons. The summed E-state index contributed by atoms with van der Waals surface area (Å²) in [5.74, 6) is 1.16. The largest absolute Gasteiger partial charge is 0.481 e. The number of aromatic nitrogens is 8. The Kier molecular flexibility index (Phi) is 14.6. The van der Waals surface area contributed by atoms with Gasteiger partial charge in [0.1, 0.15) is 0 Å². The van der Waals surface area contributed by atoms with E-state index in [1.807, 2.05) is 67.0 Å². The summed E-state index contributed by atoms with van der Waals surface area (Å²) in [6, 6.07) is 36.1.